The standard InChI is InChI=1S/C20H19ClN2O2/c1-25-18-7-6-16(21)10-17(18)14-5-4-13-9-19(22-11-15(13)8-14)23-20(24)12-2-3-12/h4-12,17-18H,2-3H2,1H3,(H,22,23,24). The van der Waals surface area contributed by atoms with E-state index in [0.717, 1.165) is 34.2 Å². The number of aromatic nitrogens is 1. The van der Waals surface area contributed by atoms with Gasteiger partial charge in [0.15, 0.2) is 0 Å². The minimum Gasteiger partial charge on any atom is -0.376 e. The van der Waals surface area contributed by atoms with Crippen LogP contribution in [0.3, 0.4) is 0 Å². The summed E-state index contributed by atoms with van der Waals surface area (Å²) in [6, 6.07) is 8.14. The van der Waals surface area contributed by atoms with Crippen molar-refractivity contribution in [3.63, 3.8) is 0 Å². The predicted molar refractivity (Wildman–Crippen MR) is 99.7 cm³/mol. The molecule has 1 aromatic carbocycles. The molecule has 1 saturated carbocycles. The van der Waals surface area contributed by atoms with Gasteiger partial charge in [-0.2, -0.15) is 0 Å². The molecule has 1 heterocycles. The Morgan fingerprint density at radius 2 is 2.12 bits per heavy atom. The molecule has 25 heavy (non-hydrogen) atoms. The number of methoxy groups -OCH3 is 1. The Labute approximate surface area is 151 Å². The van der Waals surface area contributed by atoms with Gasteiger partial charge in [-0.25, -0.2) is 4.98 Å². The van der Waals surface area contributed by atoms with E-state index in [1.165, 1.54) is 0 Å². The number of hydrogen-bond donors (Lipinski definition) is 1. The number of nitrogens with zero attached hydrogens (tertiary/aromatic N) is 1. The summed E-state index contributed by atoms with van der Waals surface area (Å²) in [5.74, 6) is 0.915. The van der Waals surface area contributed by atoms with E-state index in [4.69, 9.17) is 16.3 Å². The van der Waals surface area contributed by atoms with E-state index in [9.17, 15) is 4.79 Å². The van der Waals surface area contributed by atoms with Crippen molar-refractivity contribution in [3.05, 3.63) is 59.3 Å². The maximum absolute atomic E-state index is 11.9. The highest BCUT2D eigenvalue weighted by molar-refractivity contribution is 6.31. The molecule has 5 heteroatoms. The van der Waals surface area contributed by atoms with Crippen molar-refractivity contribution < 1.29 is 9.53 Å². The van der Waals surface area contributed by atoms with Gasteiger partial charge in [0, 0.05) is 35.6 Å². The topological polar surface area (TPSA) is 51.2 Å². The molecule has 0 aliphatic heterocycles. The zero-order valence-electron chi connectivity index (χ0n) is 13.9. The Bertz CT molecular complexity index is 886. The van der Waals surface area contributed by atoms with Crippen molar-refractivity contribution >= 4 is 34.1 Å². The summed E-state index contributed by atoms with van der Waals surface area (Å²) in [6.45, 7) is 0. The smallest absolute Gasteiger partial charge is 0.228 e. The number of anilines is 1. The molecule has 0 bridgehead atoms. The summed E-state index contributed by atoms with van der Waals surface area (Å²) in [7, 11) is 1.70. The van der Waals surface area contributed by atoms with Crippen LogP contribution >= 0.6 is 11.6 Å². The molecule has 4 rings (SSSR count). The van der Waals surface area contributed by atoms with Gasteiger partial charge in [-0.05, 0) is 42.0 Å². The van der Waals surface area contributed by atoms with Crippen molar-refractivity contribution in [1.29, 1.82) is 0 Å². The fourth-order valence-corrected chi connectivity index (χ4v) is 3.36. The summed E-state index contributed by atoms with van der Waals surface area (Å²) in [5, 5.41) is 5.67. The van der Waals surface area contributed by atoms with Gasteiger partial charge in [-0.15, -0.1) is 0 Å². The number of carbonyl (C=O) groups is 1. The molecule has 4 nitrogen and oxygen atoms in total. The zero-order chi connectivity index (χ0) is 17.4. The number of nitrogens with one attached hydrogen (secondary N) is 1. The Balaban J connectivity index is 1.62. The third kappa shape index (κ3) is 3.46. The number of pyridine rings is 1. The summed E-state index contributed by atoms with van der Waals surface area (Å²) >= 11 is 6.17. The molecule has 1 amide bonds. The molecule has 1 N–H and O–H groups in total. The Morgan fingerprint density at radius 3 is 2.88 bits per heavy atom. The molecule has 2 aliphatic carbocycles. The van der Waals surface area contributed by atoms with Gasteiger partial charge in [-0.3, -0.25) is 4.79 Å². The number of ether oxygens (including phenoxy) is 1. The van der Waals surface area contributed by atoms with Crippen molar-refractivity contribution in [3.8, 4) is 0 Å². The lowest BCUT2D eigenvalue weighted by Crippen LogP contribution is -2.19. The molecule has 2 atom stereocenters. The van der Waals surface area contributed by atoms with E-state index in [-0.39, 0.29) is 23.8 Å². The molecule has 1 aromatic heterocycles. The molecule has 2 unspecified atom stereocenters. The van der Waals surface area contributed by atoms with Crippen LogP contribution in [-0.2, 0) is 9.53 Å². The molecular formula is C20H19ClN2O2. The minimum atomic E-state index is -0.0370. The first-order chi connectivity index (χ1) is 12.1. The van der Waals surface area contributed by atoms with Crippen LogP contribution in [0.2, 0.25) is 0 Å². The van der Waals surface area contributed by atoms with Crippen LogP contribution in [0.5, 0.6) is 0 Å². The highest BCUT2D eigenvalue weighted by atomic mass is 35.5. The van der Waals surface area contributed by atoms with E-state index < -0.39 is 0 Å². The Hall–Kier alpha value is -2.17. The first-order valence-corrected chi connectivity index (χ1v) is 8.81. The van der Waals surface area contributed by atoms with Crippen molar-refractivity contribution in [1.82, 2.24) is 4.98 Å². The molecule has 0 saturated heterocycles. The lowest BCUT2D eigenvalue weighted by atomic mass is 9.89. The van der Waals surface area contributed by atoms with Crippen LogP contribution in [-0.4, -0.2) is 24.1 Å². The Morgan fingerprint density at radius 1 is 1.28 bits per heavy atom. The highest BCUT2D eigenvalue weighted by Gasteiger charge is 2.29. The maximum Gasteiger partial charge on any atom is 0.228 e. The summed E-state index contributed by atoms with van der Waals surface area (Å²) in [5.41, 5.74) is 1.12. The molecule has 0 radical (unpaired) electrons. The summed E-state index contributed by atoms with van der Waals surface area (Å²) < 4.78 is 5.56. The second-order valence-corrected chi connectivity index (χ2v) is 7.01. The monoisotopic (exact) mass is 354 g/mol. The van der Waals surface area contributed by atoms with Crippen LogP contribution < -0.4 is 5.32 Å². The number of amides is 1. The van der Waals surface area contributed by atoms with Crippen molar-refractivity contribution in [2.75, 3.05) is 12.4 Å². The number of carbonyl (C=O) groups excluding carboxylic acids is 1. The van der Waals surface area contributed by atoms with Gasteiger partial charge >= 0.3 is 0 Å². The van der Waals surface area contributed by atoms with Gasteiger partial charge in [0.25, 0.3) is 0 Å². The van der Waals surface area contributed by atoms with Crippen LogP contribution in [0, 0.1) is 5.92 Å². The van der Waals surface area contributed by atoms with Gasteiger partial charge in [0.2, 0.25) is 5.91 Å². The third-order valence-electron chi connectivity index (χ3n) is 4.74. The van der Waals surface area contributed by atoms with E-state index in [1.807, 2.05) is 30.4 Å². The van der Waals surface area contributed by atoms with Gasteiger partial charge in [-0.1, -0.05) is 35.9 Å². The van der Waals surface area contributed by atoms with Crippen LogP contribution in [0.4, 0.5) is 5.82 Å². The summed E-state index contributed by atoms with van der Waals surface area (Å²) in [6.07, 6.45) is 9.58. The van der Waals surface area contributed by atoms with Crippen molar-refractivity contribution in [2.24, 2.45) is 5.92 Å². The molecule has 0 spiro atoms. The van der Waals surface area contributed by atoms with Gasteiger partial charge < -0.3 is 10.1 Å². The second-order valence-electron chi connectivity index (χ2n) is 6.58. The van der Waals surface area contributed by atoms with E-state index in [0.29, 0.717) is 5.82 Å². The van der Waals surface area contributed by atoms with Crippen molar-refractivity contribution in [2.45, 2.75) is 24.9 Å². The van der Waals surface area contributed by atoms with Crippen LogP contribution in [0.1, 0.15) is 24.3 Å². The first kappa shape index (κ1) is 16.3. The van der Waals surface area contributed by atoms with Crippen LogP contribution in [0.25, 0.3) is 10.8 Å². The lowest BCUT2D eigenvalue weighted by molar-refractivity contribution is -0.117. The first-order valence-electron chi connectivity index (χ1n) is 8.43. The largest absolute Gasteiger partial charge is 0.376 e. The molecule has 2 aliphatic rings. The average Bonchev–Trinajstić information content (AvgIpc) is 3.46. The SMILES string of the molecule is COC1C=CC(Cl)=CC1c1ccc2cc(NC(=O)C3CC3)ncc2c1. The predicted octanol–water partition coefficient (Wildman–Crippen LogP) is 4.37. The van der Waals surface area contributed by atoms with E-state index >= 15 is 0 Å². The molecular weight excluding hydrogens is 336 g/mol. The van der Waals surface area contributed by atoms with E-state index in [1.54, 1.807) is 13.3 Å². The van der Waals surface area contributed by atoms with Gasteiger partial charge in [0.1, 0.15) is 5.82 Å². The number of allylic oxidation sites excluding steroid dienone is 2. The number of hydrogen-bond acceptors (Lipinski definition) is 3. The quantitative estimate of drug-likeness (QED) is 0.886. The maximum atomic E-state index is 11.9. The third-order valence-corrected chi connectivity index (χ3v) is 4.99. The normalized spacial score (nSPS) is 22.7. The average molecular weight is 355 g/mol. The highest BCUT2D eigenvalue weighted by Crippen LogP contribution is 2.33. The number of benzene rings is 1. The Kier molecular flexibility index (Phi) is 4.32. The number of fused-ring (bicyclic) bond motifs is 1. The zero-order valence-corrected chi connectivity index (χ0v) is 14.7. The number of halogens is 1. The van der Waals surface area contributed by atoms with Crippen LogP contribution in [0.15, 0.2) is 53.7 Å². The molecule has 128 valence electrons. The minimum absolute atomic E-state index is 0.0370. The fraction of sp³-hybridized carbons (Fsp3) is 0.300. The van der Waals surface area contributed by atoms with Gasteiger partial charge in [0.05, 0.1) is 6.10 Å². The lowest BCUT2D eigenvalue weighted by Gasteiger charge is -2.24. The molecule has 1 fully saturated rings. The second kappa shape index (κ2) is 6.62. The molecule has 2 aromatic rings. The number of rotatable bonds is 4. The van der Waals surface area contributed by atoms with E-state index in [2.05, 4.69) is 22.4 Å². The fourth-order valence-electron chi connectivity index (χ4n) is 3.15. The summed E-state index contributed by atoms with van der Waals surface area (Å²) in [4.78, 5) is 16.3.